The maximum atomic E-state index is 13.2. The van der Waals surface area contributed by atoms with Crippen LogP contribution in [0.15, 0.2) is 33.8 Å². The number of carbonyl (C=O) groups excluding carboxylic acids is 1. The molecule has 4 heterocycles. The van der Waals surface area contributed by atoms with Gasteiger partial charge in [0.05, 0.1) is 17.9 Å². The van der Waals surface area contributed by atoms with Crippen molar-refractivity contribution in [1.29, 1.82) is 0 Å². The molecule has 2 atom stereocenters. The molecular weight excluding hydrogens is 334 g/mol. The zero-order valence-electron chi connectivity index (χ0n) is 14.4. The van der Waals surface area contributed by atoms with Crippen LogP contribution in [0, 0.1) is 11.8 Å². The number of amides is 1. The molecule has 8 heteroatoms. The summed E-state index contributed by atoms with van der Waals surface area (Å²) in [5.74, 6) is 1.51. The number of H-pyrrole nitrogens is 1. The largest absolute Gasteiger partial charge is 0.446 e. The maximum absolute atomic E-state index is 13.2. The van der Waals surface area contributed by atoms with Crippen LogP contribution in [0.4, 0.5) is 0 Å². The first kappa shape index (κ1) is 15.4. The molecule has 5 rings (SSSR count). The molecule has 26 heavy (non-hydrogen) atoms. The number of rotatable bonds is 3. The van der Waals surface area contributed by atoms with Crippen LogP contribution in [0.5, 0.6) is 0 Å². The second-order valence-corrected chi connectivity index (χ2v) is 7.22. The van der Waals surface area contributed by atoms with Crippen molar-refractivity contribution < 1.29 is 9.21 Å². The number of aromatic amines is 1. The summed E-state index contributed by atoms with van der Waals surface area (Å²) in [5.41, 5.74) is 0.793. The summed E-state index contributed by atoms with van der Waals surface area (Å²) in [6.07, 6.45) is 6.42. The molecular formula is C18H19N5O3. The smallest absolute Gasteiger partial charge is 0.343 e. The fourth-order valence-corrected chi connectivity index (χ4v) is 4.16. The zero-order chi connectivity index (χ0) is 17.8. The fourth-order valence-electron chi connectivity index (χ4n) is 4.16. The van der Waals surface area contributed by atoms with Crippen LogP contribution in [0.3, 0.4) is 0 Å². The number of furan rings is 1. The van der Waals surface area contributed by atoms with E-state index in [0.717, 1.165) is 11.8 Å². The number of likely N-dealkylation sites (tertiary alicyclic amines) is 1. The topological polar surface area (TPSA) is 97.0 Å². The van der Waals surface area contributed by atoms with Crippen LogP contribution in [0.2, 0.25) is 0 Å². The molecule has 0 spiro atoms. The van der Waals surface area contributed by atoms with Crippen LogP contribution in [0.25, 0.3) is 11.1 Å². The van der Waals surface area contributed by atoms with E-state index in [9.17, 15) is 9.59 Å². The lowest BCUT2D eigenvalue weighted by molar-refractivity contribution is 0.0701. The van der Waals surface area contributed by atoms with Gasteiger partial charge in [-0.1, -0.05) is 0 Å². The van der Waals surface area contributed by atoms with Crippen molar-refractivity contribution in [2.45, 2.75) is 25.3 Å². The summed E-state index contributed by atoms with van der Waals surface area (Å²) < 4.78 is 6.77. The first-order valence-corrected chi connectivity index (χ1v) is 8.89. The molecule has 0 bridgehead atoms. The molecule has 1 aliphatic heterocycles. The third-order valence-electron chi connectivity index (χ3n) is 5.67. The lowest BCUT2D eigenvalue weighted by Crippen LogP contribution is -2.34. The van der Waals surface area contributed by atoms with Gasteiger partial charge in [-0.15, -0.1) is 0 Å². The lowest BCUT2D eigenvalue weighted by Gasteiger charge is -2.27. The minimum Gasteiger partial charge on any atom is -0.446 e. The minimum atomic E-state index is -0.254. The monoisotopic (exact) mass is 353 g/mol. The van der Waals surface area contributed by atoms with Crippen molar-refractivity contribution in [1.82, 2.24) is 24.6 Å². The van der Waals surface area contributed by atoms with E-state index in [1.54, 1.807) is 31.6 Å². The highest BCUT2D eigenvalue weighted by molar-refractivity contribution is 5.97. The molecule has 8 nitrogen and oxygen atoms in total. The van der Waals surface area contributed by atoms with Gasteiger partial charge in [0.25, 0.3) is 5.91 Å². The van der Waals surface area contributed by atoms with Gasteiger partial charge in [-0.3, -0.25) is 9.36 Å². The van der Waals surface area contributed by atoms with E-state index in [1.165, 1.54) is 17.4 Å². The minimum absolute atomic E-state index is 0.0794. The first-order valence-electron chi connectivity index (χ1n) is 8.89. The molecule has 1 N–H and O–H groups in total. The van der Waals surface area contributed by atoms with Gasteiger partial charge in [-0.25, -0.2) is 14.9 Å². The van der Waals surface area contributed by atoms with E-state index in [1.807, 2.05) is 4.90 Å². The Bertz CT molecular complexity index is 1040. The van der Waals surface area contributed by atoms with E-state index in [0.29, 0.717) is 35.5 Å². The molecule has 3 aromatic heterocycles. The molecule has 1 saturated carbocycles. The Morgan fingerprint density at radius 3 is 2.92 bits per heavy atom. The molecule has 3 aromatic rings. The Hall–Kier alpha value is -2.90. The Morgan fingerprint density at radius 1 is 1.35 bits per heavy atom. The third kappa shape index (κ3) is 2.28. The predicted molar refractivity (Wildman–Crippen MR) is 92.4 cm³/mol. The quantitative estimate of drug-likeness (QED) is 0.775. The van der Waals surface area contributed by atoms with E-state index in [4.69, 9.17) is 4.42 Å². The summed E-state index contributed by atoms with van der Waals surface area (Å²) in [5, 5.41) is 7.54. The van der Waals surface area contributed by atoms with Gasteiger partial charge >= 0.3 is 5.69 Å². The molecule has 0 radical (unpaired) electrons. The molecule has 2 fully saturated rings. The van der Waals surface area contributed by atoms with Crippen molar-refractivity contribution in [3.8, 4) is 0 Å². The molecule has 134 valence electrons. The van der Waals surface area contributed by atoms with E-state index in [2.05, 4.69) is 15.2 Å². The SMILES string of the molecule is Cn1c(C2C(C3CC3)CCN2C(=O)c2cnc3occc3c2)n[nH]c1=O. The summed E-state index contributed by atoms with van der Waals surface area (Å²) in [6, 6.07) is 3.42. The van der Waals surface area contributed by atoms with Crippen molar-refractivity contribution in [3.63, 3.8) is 0 Å². The number of hydrogen-bond acceptors (Lipinski definition) is 5. The molecule has 1 aliphatic carbocycles. The Kier molecular flexibility index (Phi) is 3.28. The lowest BCUT2D eigenvalue weighted by atomic mass is 9.94. The first-order chi connectivity index (χ1) is 12.6. The second kappa shape index (κ2) is 5.55. The number of carbonyl (C=O) groups is 1. The summed E-state index contributed by atoms with van der Waals surface area (Å²) in [4.78, 5) is 31.2. The van der Waals surface area contributed by atoms with Crippen molar-refractivity contribution in [2.24, 2.45) is 18.9 Å². The number of hydrogen-bond donors (Lipinski definition) is 1. The highest BCUT2D eigenvalue weighted by atomic mass is 16.3. The van der Waals surface area contributed by atoms with Gasteiger partial charge in [0, 0.05) is 25.2 Å². The van der Waals surface area contributed by atoms with Gasteiger partial charge in [-0.2, -0.15) is 5.10 Å². The average molecular weight is 353 g/mol. The highest BCUT2D eigenvalue weighted by Crippen LogP contribution is 2.50. The van der Waals surface area contributed by atoms with Crippen LogP contribution in [-0.2, 0) is 7.05 Å². The number of nitrogens with zero attached hydrogens (tertiary/aromatic N) is 4. The van der Waals surface area contributed by atoms with Crippen molar-refractivity contribution >= 4 is 17.0 Å². The van der Waals surface area contributed by atoms with E-state index < -0.39 is 0 Å². The van der Waals surface area contributed by atoms with Gasteiger partial charge in [0.2, 0.25) is 5.71 Å². The molecule has 2 unspecified atom stereocenters. The molecule has 0 aromatic carbocycles. The summed E-state index contributed by atoms with van der Waals surface area (Å²) in [6.45, 7) is 0.662. The number of pyridine rings is 1. The van der Waals surface area contributed by atoms with Gasteiger partial charge in [0.1, 0.15) is 0 Å². The standard InChI is InChI=1S/C18H19N5O3/c1-22-15(20-21-18(22)25)14-13(10-2-3-10)4-6-23(14)17(24)12-8-11-5-7-26-16(11)19-9-12/h5,7-10,13-14H,2-4,6H2,1H3,(H,21,25). The van der Waals surface area contributed by atoms with Crippen LogP contribution < -0.4 is 5.69 Å². The average Bonchev–Trinajstić information content (AvgIpc) is 3.09. The zero-order valence-corrected chi connectivity index (χ0v) is 14.4. The van der Waals surface area contributed by atoms with Crippen molar-refractivity contribution in [3.05, 3.63) is 46.5 Å². The van der Waals surface area contributed by atoms with Gasteiger partial charge in [0.15, 0.2) is 5.82 Å². The van der Waals surface area contributed by atoms with E-state index >= 15 is 0 Å². The second-order valence-electron chi connectivity index (χ2n) is 7.22. The number of fused-ring (bicyclic) bond motifs is 1. The van der Waals surface area contributed by atoms with E-state index in [-0.39, 0.29) is 17.6 Å². The highest BCUT2D eigenvalue weighted by Gasteiger charge is 2.47. The van der Waals surface area contributed by atoms with Crippen LogP contribution in [-0.4, -0.2) is 37.1 Å². The normalized spacial score (nSPS) is 23.0. The molecule has 1 saturated heterocycles. The summed E-state index contributed by atoms with van der Waals surface area (Å²) in [7, 11) is 1.70. The number of aromatic nitrogens is 4. The van der Waals surface area contributed by atoms with Crippen molar-refractivity contribution in [2.75, 3.05) is 6.54 Å². The van der Waals surface area contributed by atoms with Gasteiger partial charge in [-0.05, 0) is 43.2 Å². The third-order valence-corrected chi connectivity index (χ3v) is 5.67. The van der Waals surface area contributed by atoms with Crippen LogP contribution in [0.1, 0.15) is 41.5 Å². The Morgan fingerprint density at radius 2 is 2.19 bits per heavy atom. The van der Waals surface area contributed by atoms with Crippen LogP contribution >= 0.6 is 0 Å². The fraction of sp³-hybridized carbons (Fsp3) is 0.444. The Labute approximate surface area is 148 Å². The maximum Gasteiger partial charge on any atom is 0.343 e. The Balaban J connectivity index is 1.54. The molecule has 1 amide bonds. The van der Waals surface area contributed by atoms with Gasteiger partial charge < -0.3 is 9.32 Å². The summed E-state index contributed by atoms with van der Waals surface area (Å²) >= 11 is 0. The predicted octanol–water partition coefficient (Wildman–Crippen LogP) is 1.86. The number of nitrogens with one attached hydrogen (secondary N) is 1. The molecule has 2 aliphatic rings.